The molecule has 0 N–H and O–H groups in total. The molecule has 0 bridgehead atoms. The second-order valence-electron chi connectivity index (χ2n) is 4.83. The molecule has 0 unspecified atom stereocenters. The largest absolute Gasteiger partial charge is 0.490 e. The number of rotatable bonds is 5. The Morgan fingerprint density at radius 3 is 2.62 bits per heavy atom. The Labute approximate surface area is 124 Å². The van der Waals surface area contributed by atoms with Crippen LogP contribution in [0.1, 0.15) is 19.8 Å². The highest BCUT2D eigenvalue weighted by molar-refractivity contribution is 5.95. The molecule has 5 nitrogen and oxygen atoms in total. The standard InChI is InChI=1S/C16H19NO4/c1-12(16(19)20-2)9-11-21-14-7-5-13(6-8-14)17-10-3-4-15(17)18/h5-9H,3-4,10-11H2,1-2H3. The zero-order valence-electron chi connectivity index (χ0n) is 12.3. The van der Waals surface area contributed by atoms with Gasteiger partial charge >= 0.3 is 5.97 Å². The molecule has 1 saturated heterocycles. The fourth-order valence-electron chi connectivity index (χ4n) is 2.15. The van der Waals surface area contributed by atoms with Crippen LogP contribution in [0.4, 0.5) is 5.69 Å². The second kappa shape index (κ2) is 6.92. The number of carbonyl (C=O) groups excluding carboxylic acids is 2. The van der Waals surface area contributed by atoms with E-state index in [1.165, 1.54) is 7.11 Å². The predicted octanol–water partition coefficient (Wildman–Crippen LogP) is 2.31. The Kier molecular flexibility index (Phi) is 4.98. The van der Waals surface area contributed by atoms with Gasteiger partial charge in [0.25, 0.3) is 0 Å². The minimum atomic E-state index is -0.360. The third kappa shape index (κ3) is 3.84. The Balaban J connectivity index is 1.91. The molecule has 1 fully saturated rings. The van der Waals surface area contributed by atoms with Crippen LogP contribution in [-0.4, -0.2) is 32.1 Å². The maximum absolute atomic E-state index is 11.6. The van der Waals surface area contributed by atoms with E-state index in [4.69, 9.17) is 4.74 Å². The molecule has 1 aromatic carbocycles. The summed E-state index contributed by atoms with van der Waals surface area (Å²) in [5, 5.41) is 0. The number of benzene rings is 1. The molecule has 1 heterocycles. The summed E-state index contributed by atoms with van der Waals surface area (Å²) in [6.07, 6.45) is 3.20. The van der Waals surface area contributed by atoms with E-state index in [0.29, 0.717) is 24.4 Å². The van der Waals surface area contributed by atoms with Gasteiger partial charge in [0.05, 0.1) is 7.11 Å². The van der Waals surface area contributed by atoms with Gasteiger partial charge in [0.1, 0.15) is 12.4 Å². The molecule has 1 aliphatic heterocycles. The van der Waals surface area contributed by atoms with E-state index in [9.17, 15) is 9.59 Å². The first-order valence-corrected chi connectivity index (χ1v) is 6.90. The van der Waals surface area contributed by atoms with E-state index >= 15 is 0 Å². The van der Waals surface area contributed by atoms with E-state index in [2.05, 4.69) is 4.74 Å². The Morgan fingerprint density at radius 1 is 1.33 bits per heavy atom. The van der Waals surface area contributed by atoms with E-state index in [1.807, 2.05) is 24.3 Å². The van der Waals surface area contributed by atoms with Gasteiger partial charge in [0.2, 0.25) is 5.91 Å². The Morgan fingerprint density at radius 2 is 2.05 bits per heavy atom. The third-order valence-electron chi connectivity index (χ3n) is 3.37. The summed E-state index contributed by atoms with van der Waals surface area (Å²) in [6.45, 7) is 2.75. The monoisotopic (exact) mass is 289 g/mol. The Hall–Kier alpha value is -2.30. The molecule has 1 aromatic rings. The lowest BCUT2D eigenvalue weighted by molar-refractivity contribution is -0.136. The van der Waals surface area contributed by atoms with Crippen molar-refractivity contribution in [1.29, 1.82) is 0 Å². The van der Waals surface area contributed by atoms with Crippen LogP contribution in [0.25, 0.3) is 0 Å². The van der Waals surface area contributed by atoms with Crippen molar-refractivity contribution >= 4 is 17.6 Å². The summed E-state index contributed by atoms with van der Waals surface area (Å²) >= 11 is 0. The van der Waals surface area contributed by atoms with Gasteiger partial charge in [-0.25, -0.2) is 4.79 Å². The van der Waals surface area contributed by atoms with Gasteiger partial charge in [-0.05, 0) is 43.7 Å². The van der Waals surface area contributed by atoms with Gasteiger partial charge in [0.15, 0.2) is 0 Å². The van der Waals surface area contributed by atoms with Crippen LogP contribution >= 0.6 is 0 Å². The molecule has 112 valence electrons. The van der Waals surface area contributed by atoms with Gasteiger partial charge in [-0.2, -0.15) is 0 Å². The highest BCUT2D eigenvalue weighted by Crippen LogP contribution is 2.23. The molecular formula is C16H19NO4. The van der Waals surface area contributed by atoms with Crippen LogP contribution in [0.5, 0.6) is 5.75 Å². The van der Waals surface area contributed by atoms with Crippen molar-refractivity contribution < 1.29 is 19.1 Å². The number of ether oxygens (including phenoxy) is 2. The number of methoxy groups -OCH3 is 1. The highest BCUT2D eigenvalue weighted by Gasteiger charge is 2.21. The molecular weight excluding hydrogens is 270 g/mol. The van der Waals surface area contributed by atoms with E-state index < -0.39 is 0 Å². The molecule has 1 aliphatic rings. The van der Waals surface area contributed by atoms with Crippen molar-refractivity contribution in [3.63, 3.8) is 0 Å². The zero-order chi connectivity index (χ0) is 15.2. The van der Waals surface area contributed by atoms with Crippen molar-refractivity contribution in [3.05, 3.63) is 35.9 Å². The summed E-state index contributed by atoms with van der Waals surface area (Å²) in [7, 11) is 1.35. The smallest absolute Gasteiger partial charge is 0.333 e. The minimum Gasteiger partial charge on any atom is -0.490 e. The first-order valence-electron chi connectivity index (χ1n) is 6.90. The molecule has 1 amide bonds. The summed E-state index contributed by atoms with van der Waals surface area (Å²) in [5.41, 5.74) is 1.41. The summed E-state index contributed by atoms with van der Waals surface area (Å²) in [4.78, 5) is 24.6. The summed E-state index contributed by atoms with van der Waals surface area (Å²) in [5.74, 6) is 0.501. The first-order chi connectivity index (χ1) is 10.1. The van der Waals surface area contributed by atoms with Crippen LogP contribution < -0.4 is 9.64 Å². The number of hydrogen-bond donors (Lipinski definition) is 0. The van der Waals surface area contributed by atoms with Gasteiger partial charge in [-0.1, -0.05) is 0 Å². The molecule has 0 aromatic heterocycles. The highest BCUT2D eigenvalue weighted by atomic mass is 16.5. The SMILES string of the molecule is COC(=O)C(C)=CCOc1ccc(N2CCCC2=O)cc1. The molecule has 5 heteroatoms. The number of esters is 1. The molecule has 0 radical (unpaired) electrons. The van der Waals surface area contributed by atoms with Gasteiger partial charge < -0.3 is 14.4 Å². The van der Waals surface area contributed by atoms with Crippen molar-refractivity contribution in [2.75, 3.05) is 25.2 Å². The zero-order valence-corrected chi connectivity index (χ0v) is 12.3. The Bertz CT molecular complexity index is 548. The average molecular weight is 289 g/mol. The lowest BCUT2D eigenvalue weighted by Gasteiger charge is -2.15. The van der Waals surface area contributed by atoms with Crippen LogP contribution in [0.15, 0.2) is 35.9 Å². The predicted molar refractivity (Wildman–Crippen MR) is 79.3 cm³/mol. The molecule has 0 aliphatic carbocycles. The number of anilines is 1. The molecule has 0 saturated carbocycles. The van der Waals surface area contributed by atoms with Crippen molar-refractivity contribution in [3.8, 4) is 5.75 Å². The quantitative estimate of drug-likeness (QED) is 0.616. The lowest BCUT2D eigenvalue weighted by Crippen LogP contribution is -2.23. The topological polar surface area (TPSA) is 55.8 Å². The maximum Gasteiger partial charge on any atom is 0.333 e. The second-order valence-corrected chi connectivity index (χ2v) is 4.83. The molecule has 2 rings (SSSR count). The fourth-order valence-corrected chi connectivity index (χ4v) is 2.15. The number of amides is 1. The van der Waals surface area contributed by atoms with Gasteiger partial charge in [0, 0.05) is 24.2 Å². The third-order valence-corrected chi connectivity index (χ3v) is 3.37. The van der Waals surface area contributed by atoms with Crippen LogP contribution in [0.2, 0.25) is 0 Å². The van der Waals surface area contributed by atoms with Gasteiger partial charge in [-0.15, -0.1) is 0 Å². The fraction of sp³-hybridized carbons (Fsp3) is 0.375. The number of hydrogen-bond acceptors (Lipinski definition) is 4. The van der Waals surface area contributed by atoms with Crippen LogP contribution in [0.3, 0.4) is 0 Å². The molecule has 0 spiro atoms. The molecule has 21 heavy (non-hydrogen) atoms. The van der Waals surface area contributed by atoms with E-state index in [-0.39, 0.29) is 11.9 Å². The van der Waals surface area contributed by atoms with Crippen molar-refractivity contribution in [2.45, 2.75) is 19.8 Å². The lowest BCUT2D eigenvalue weighted by atomic mass is 10.2. The van der Waals surface area contributed by atoms with Crippen LogP contribution in [-0.2, 0) is 14.3 Å². The maximum atomic E-state index is 11.6. The van der Waals surface area contributed by atoms with Gasteiger partial charge in [-0.3, -0.25) is 4.79 Å². The van der Waals surface area contributed by atoms with Crippen LogP contribution in [0, 0.1) is 0 Å². The van der Waals surface area contributed by atoms with E-state index in [1.54, 1.807) is 17.9 Å². The van der Waals surface area contributed by atoms with E-state index in [0.717, 1.165) is 18.7 Å². The summed E-state index contributed by atoms with van der Waals surface area (Å²) < 4.78 is 10.1. The normalized spacial score (nSPS) is 15.2. The number of nitrogens with zero attached hydrogens (tertiary/aromatic N) is 1. The first kappa shape index (κ1) is 15.1. The number of carbonyl (C=O) groups is 2. The minimum absolute atomic E-state index is 0.167. The summed E-state index contributed by atoms with van der Waals surface area (Å²) in [6, 6.07) is 7.38. The van der Waals surface area contributed by atoms with Crippen molar-refractivity contribution in [2.24, 2.45) is 0 Å². The molecule has 0 atom stereocenters. The average Bonchev–Trinajstić information content (AvgIpc) is 2.93. The van der Waals surface area contributed by atoms with Crippen molar-refractivity contribution in [1.82, 2.24) is 0 Å².